The van der Waals surface area contributed by atoms with Gasteiger partial charge in [-0.05, 0) is 13.8 Å². The first-order valence-electron chi connectivity index (χ1n) is 6.81. The molecule has 0 aliphatic carbocycles. The molecule has 0 radical (unpaired) electrons. The van der Waals surface area contributed by atoms with Gasteiger partial charge in [-0.1, -0.05) is 5.16 Å². The number of carbonyl (C=O) groups is 1. The Kier molecular flexibility index (Phi) is 3.55. The number of ether oxygens (including phenoxy) is 1. The van der Waals surface area contributed by atoms with Gasteiger partial charge in [-0.3, -0.25) is 4.79 Å². The Morgan fingerprint density at radius 3 is 3.05 bits per heavy atom. The molecule has 1 amide bonds. The van der Waals surface area contributed by atoms with Crippen LogP contribution in [0.2, 0.25) is 0 Å². The molecule has 0 aromatic carbocycles. The Bertz CT molecular complexity index is 655. The van der Waals surface area contributed by atoms with Gasteiger partial charge in [0.25, 0.3) is 5.91 Å². The number of amides is 1. The molecule has 0 unspecified atom stereocenters. The maximum absolute atomic E-state index is 12.2. The van der Waals surface area contributed by atoms with Crippen molar-refractivity contribution in [2.24, 2.45) is 0 Å². The van der Waals surface area contributed by atoms with Crippen molar-refractivity contribution in [2.45, 2.75) is 26.4 Å². The molecule has 1 aliphatic heterocycles. The van der Waals surface area contributed by atoms with Crippen LogP contribution in [0.4, 0.5) is 0 Å². The molecule has 0 saturated carbocycles. The average molecular weight is 288 g/mol. The van der Waals surface area contributed by atoms with Gasteiger partial charge in [-0.15, -0.1) is 0 Å². The summed E-state index contributed by atoms with van der Waals surface area (Å²) in [6.07, 6.45) is 2.37. The van der Waals surface area contributed by atoms with Crippen LogP contribution in [0.5, 0.6) is 5.88 Å². The van der Waals surface area contributed by atoms with E-state index >= 15 is 0 Å². The summed E-state index contributed by atoms with van der Waals surface area (Å²) in [6, 6.07) is 3.36. The van der Waals surface area contributed by atoms with Gasteiger partial charge in [-0.2, -0.15) is 4.98 Å². The van der Waals surface area contributed by atoms with Crippen molar-refractivity contribution in [3.05, 3.63) is 35.6 Å². The Morgan fingerprint density at radius 2 is 2.33 bits per heavy atom. The van der Waals surface area contributed by atoms with Crippen molar-refractivity contribution >= 4 is 5.91 Å². The number of rotatable bonds is 3. The summed E-state index contributed by atoms with van der Waals surface area (Å²) in [4.78, 5) is 22.2. The maximum atomic E-state index is 12.2. The third-order valence-corrected chi connectivity index (χ3v) is 3.32. The molecule has 2 aromatic heterocycles. The minimum Gasteiger partial charge on any atom is -0.472 e. The third-order valence-electron chi connectivity index (χ3n) is 3.32. The SMILES string of the molecule is Cc1nccc(O[C@@H]2CCN(C(=O)c3cc(C)on3)C2)n1. The highest BCUT2D eigenvalue weighted by Gasteiger charge is 2.30. The summed E-state index contributed by atoms with van der Waals surface area (Å²) < 4.78 is 10.7. The summed E-state index contributed by atoms with van der Waals surface area (Å²) in [5, 5.41) is 3.75. The number of aromatic nitrogens is 3. The van der Waals surface area contributed by atoms with E-state index in [9.17, 15) is 4.79 Å². The van der Waals surface area contributed by atoms with Gasteiger partial charge in [0.15, 0.2) is 5.69 Å². The molecular weight excluding hydrogens is 272 g/mol. The molecule has 0 bridgehead atoms. The van der Waals surface area contributed by atoms with Crippen LogP contribution in [-0.4, -0.2) is 45.1 Å². The summed E-state index contributed by atoms with van der Waals surface area (Å²) >= 11 is 0. The van der Waals surface area contributed by atoms with E-state index in [2.05, 4.69) is 15.1 Å². The zero-order valence-electron chi connectivity index (χ0n) is 11.9. The highest BCUT2D eigenvalue weighted by atomic mass is 16.5. The maximum Gasteiger partial charge on any atom is 0.276 e. The molecule has 7 heteroatoms. The van der Waals surface area contributed by atoms with E-state index in [0.717, 1.165) is 6.42 Å². The predicted octanol–water partition coefficient (Wildman–Crippen LogP) is 1.37. The minimum absolute atomic E-state index is 0.0590. The van der Waals surface area contributed by atoms with Gasteiger partial charge >= 0.3 is 0 Å². The Labute approximate surface area is 121 Å². The number of aryl methyl sites for hydroxylation is 2. The molecule has 1 saturated heterocycles. The van der Waals surface area contributed by atoms with E-state index in [1.807, 2.05) is 6.92 Å². The smallest absolute Gasteiger partial charge is 0.276 e. The fourth-order valence-electron chi connectivity index (χ4n) is 2.31. The van der Waals surface area contributed by atoms with E-state index < -0.39 is 0 Å². The summed E-state index contributed by atoms with van der Waals surface area (Å²) in [7, 11) is 0. The van der Waals surface area contributed by atoms with Gasteiger partial charge in [-0.25, -0.2) is 4.98 Å². The quantitative estimate of drug-likeness (QED) is 0.848. The number of carbonyl (C=O) groups excluding carboxylic acids is 1. The van der Waals surface area contributed by atoms with Crippen LogP contribution >= 0.6 is 0 Å². The Morgan fingerprint density at radius 1 is 1.48 bits per heavy atom. The normalized spacial score (nSPS) is 18.0. The Balaban J connectivity index is 1.61. The highest BCUT2D eigenvalue weighted by Crippen LogP contribution is 2.18. The molecule has 3 heterocycles. The number of nitrogens with zero attached hydrogens (tertiary/aromatic N) is 4. The molecule has 110 valence electrons. The molecule has 2 aromatic rings. The van der Waals surface area contributed by atoms with Gasteiger partial charge in [0.1, 0.15) is 17.7 Å². The van der Waals surface area contributed by atoms with E-state index in [-0.39, 0.29) is 12.0 Å². The lowest BCUT2D eigenvalue weighted by Gasteiger charge is -2.15. The van der Waals surface area contributed by atoms with Gasteiger partial charge in [0.05, 0.1) is 6.54 Å². The van der Waals surface area contributed by atoms with E-state index in [4.69, 9.17) is 9.26 Å². The Hall–Kier alpha value is -2.44. The van der Waals surface area contributed by atoms with Crippen LogP contribution in [0.25, 0.3) is 0 Å². The van der Waals surface area contributed by atoms with Crippen molar-refractivity contribution in [3.63, 3.8) is 0 Å². The topological polar surface area (TPSA) is 81.4 Å². The van der Waals surface area contributed by atoms with Crippen LogP contribution in [0.1, 0.15) is 28.5 Å². The lowest BCUT2D eigenvalue weighted by atomic mass is 10.3. The lowest BCUT2D eigenvalue weighted by Crippen LogP contribution is -2.31. The van der Waals surface area contributed by atoms with Crippen molar-refractivity contribution in [1.82, 2.24) is 20.0 Å². The predicted molar refractivity (Wildman–Crippen MR) is 72.9 cm³/mol. The van der Waals surface area contributed by atoms with Gasteiger partial charge in [0.2, 0.25) is 5.88 Å². The van der Waals surface area contributed by atoms with Crippen LogP contribution in [0.15, 0.2) is 22.9 Å². The molecule has 0 N–H and O–H groups in total. The van der Waals surface area contributed by atoms with Gasteiger partial charge < -0.3 is 14.2 Å². The van der Waals surface area contributed by atoms with Crippen LogP contribution in [-0.2, 0) is 0 Å². The molecule has 0 spiro atoms. The van der Waals surface area contributed by atoms with Crippen molar-refractivity contribution < 1.29 is 14.1 Å². The number of hydrogen-bond acceptors (Lipinski definition) is 6. The first-order valence-corrected chi connectivity index (χ1v) is 6.81. The first kappa shape index (κ1) is 13.5. The monoisotopic (exact) mass is 288 g/mol. The zero-order chi connectivity index (χ0) is 14.8. The third kappa shape index (κ3) is 3.01. The molecule has 1 aliphatic rings. The largest absolute Gasteiger partial charge is 0.472 e. The van der Waals surface area contributed by atoms with Gasteiger partial charge in [0, 0.05) is 31.3 Å². The van der Waals surface area contributed by atoms with Crippen molar-refractivity contribution in [1.29, 1.82) is 0 Å². The first-order chi connectivity index (χ1) is 10.1. The summed E-state index contributed by atoms with van der Waals surface area (Å²) in [5.74, 6) is 1.70. The molecular formula is C14H16N4O3. The average Bonchev–Trinajstić information content (AvgIpc) is 3.07. The highest BCUT2D eigenvalue weighted by molar-refractivity contribution is 5.92. The fourth-order valence-corrected chi connectivity index (χ4v) is 2.31. The van der Waals surface area contributed by atoms with Crippen molar-refractivity contribution in [2.75, 3.05) is 13.1 Å². The lowest BCUT2D eigenvalue weighted by molar-refractivity contribution is 0.0761. The number of hydrogen-bond donors (Lipinski definition) is 0. The fraction of sp³-hybridized carbons (Fsp3) is 0.429. The standard InChI is InChI=1S/C14H16N4O3/c1-9-7-12(17-21-9)14(19)18-6-4-11(8-18)20-13-3-5-15-10(2)16-13/h3,5,7,11H,4,6,8H2,1-2H3/t11-/m1/s1. The summed E-state index contributed by atoms with van der Waals surface area (Å²) in [6.45, 7) is 4.73. The second kappa shape index (κ2) is 5.51. The summed E-state index contributed by atoms with van der Waals surface area (Å²) in [5.41, 5.74) is 0.339. The van der Waals surface area contributed by atoms with Crippen molar-refractivity contribution in [3.8, 4) is 5.88 Å². The second-order valence-electron chi connectivity index (χ2n) is 5.04. The van der Waals surface area contributed by atoms with E-state index in [1.165, 1.54) is 0 Å². The number of likely N-dealkylation sites (tertiary alicyclic amines) is 1. The molecule has 1 atom stereocenters. The molecule has 7 nitrogen and oxygen atoms in total. The second-order valence-corrected chi connectivity index (χ2v) is 5.04. The van der Waals surface area contributed by atoms with Crippen LogP contribution in [0, 0.1) is 13.8 Å². The molecule has 3 rings (SSSR count). The zero-order valence-corrected chi connectivity index (χ0v) is 11.9. The minimum atomic E-state index is -0.128. The molecule has 1 fully saturated rings. The van der Waals surface area contributed by atoms with Crippen LogP contribution < -0.4 is 4.74 Å². The van der Waals surface area contributed by atoms with E-state index in [1.54, 1.807) is 30.2 Å². The molecule has 21 heavy (non-hydrogen) atoms. The van der Waals surface area contributed by atoms with Crippen LogP contribution in [0.3, 0.4) is 0 Å². The van der Waals surface area contributed by atoms with E-state index in [0.29, 0.717) is 36.2 Å².